The lowest BCUT2D eigenvalue weighted by molar-refractivity contribution is -0.131. The molecule has 1 aromatic rings. The Kier molecular flexibility index (Phi) is 11.3. The zero-order valence-electron chi connectivity index (χ0n) is 15.2. The van der Waals surface area contributed by atoms with E-state index >= 15 is 0 Å². The third kappa shape index (κ3) is 7.41. The van der Waals surface area contributed by atoms with Gasteiger partial charge in [-0.15, -0.1) is 12.4 Å². The number of ether oxygens (including phenoxy) is 2. The van der Waals surface area contributed by atoms with E-state index in [0.717, 1.165) is 30.7 Å². The maximum atomic E-state index is 12.3. The smallest absolute Gasteiger partial charge is 0.222 e. The summed E-state index contributed by atoms with van der Waals surface area (Å²) >= 11 is 0. The van der Waals surface area contributed by atoms with Gasteiger partial charge in [-0.1, -0.05) is 19.9 Å². The molecule has 0 saturated carbocycles. The van der Waals surface area contributed by atoms with Gasteiger partial charge in [0.05, 0.1) is 14.2 Å². The van der Waals surface area contributed by atoms with Crippen LogP contribution in [0.4, 0.5) is 0 Å². The molecule has 1 rings (SSSR count). The SMILES string of the molecule is COc1ccc(CCN(CC(C)C)C(=O)CCCN)cc1OC.Cl. The van der Waals surface area contributed by atoms with E-state index < -0.39 is 0 Å². The van der Waals surface area contributed by atoms with Crippen molar-refractivity contribution < 1.29 is 14.3 Å². The molecule has 0 bridgehead atoms. The Morgan fingerprint density at radius 2 is 1.88 bits per heavy atom. The number of amides is 1. The van der Waals surface area contributed by atoms with Crippen molar-refractivity contribution in [3.05, 3.63) is 23.8 Å². The summed E-state index contributed by atoms with van der Waals surface area (Å²) in [4.78, 5) is 14.2. The summed E-state index contributed by atoms with van der Waals surface area (Å²) in [5, 5.41) is 0. The maximum Gasteiger partial charge on any atom is 0.222 e. The van der Waals surface area contributed by atoms with E-state index in [1.807, 2.05) is 23.1 Å². The van der Waals surface area contributed by atoms with Crippen molar-refractivity contribution in [2.45, 2.75) is 33.1 Å². The van der Waals surface area contributed by atoms with Crippen LogP contribution in [0, 0.1) is 5.92 Å². The predicted octanol–water partition coefficient (Wildman–Crippen LogP) is 2.89. The van der Waals surface area contributed by atoms with Crippen LogP contribution < -0.4 is 15.2 Å². The molecule has 1 aromatic carbocycles. The van der Waals surface area contributed by atoms with Gasteiger partial charge in [0, 0.05) is 19.5 Å². The fraction of sp³-hybridized carbons (Fsp3) is 0.611. The Balaban J connectivity index is 0.00000529. The number of carbonyl (C=O) groups is 1. The van der Waals surface area contributed by atoms with Crippen molar-refractivity contribution in [3.8, 4) is 11.5 Å². The zero-order valence-corrected chi connectivity index (χ0v) is 16.0. The maximum absolute atomic E-state index is 12.3. The van der Waals surface area contributed by atoms with E-state index in [1.54, 1.807) is 14.2 Å². The number of methoxy groups -OCH3 is 2. The summed E-state index contributed by atoms with van der Waals surface area (Å²) in [7, 11) is 3.25. The topological polar surface area (TPSA) is 64.8 Å². The van der Waals surface area contributed by atoms with Gasteiger partial charge < -0.3 is 20.1 Å². The molecule has 0 radical (unpaired) electrons. The molecule has 0 heterocycles. The molecule has 0 spiro atoms. The average molecular weight is 359 g/mol. The van der Waals surface area contributed by atoms with Gasteiger partial charge in [0.25, 0.3) is 0 Å². The Labute approximate surface area is 151 Å². The molecule has 0 aliphatic rings. The zero-order chi connectivity index (χ0) is 17.2. The van der Waals surface area contributed by atoms with Crippen LogP contribution in [0.2, 0.25) is 0 Å². The van der Waals surface area contributed by atoms with Crippen molar-refractivity contribution >= 4 is 18.3 Å². The number of benzene rings is 1. The van der Waals surface area contributed by atoms with E-state index in [9.17, 15) is 4.79 Å². The van der Waals surface area contributed by atoms with E-state index in [-0.39, 0.29) is 18.3 Å². The Morgan fingerprint density at radius 3 is 2.42 bits per heavy atom. The highest BCUT2D eigenvalue weighted by Crippen LogP contribution is 2.27. The quantitative estimate of drug-likeness (QED) is 0.698. The Morgan fingerprint density at radius 1 is 1.21 bits per heavy atom. The van der Waals surface area contributed by atoms with Gasteiger partial charge in [-0.3, -0.25) is 4.79 Å². The third-order valence-corrected chi connectivity index (χ3v) is 3.65. The molecule has 1 amide bonds. The van der Waals surface area contributed by atoms with Gasteiger partial charge in [0.1, 0.15) is 0 Å². The van der Waals surface area contributed by atoms with Gasteiger partial charge in [-0.25, -0.2) is 0 Å². The second-order valence-corrected chi connectivity index (χ2v) is 6.07. The number of hydrogen-bond donors (Lipinski definition) is 1. The molecule has 138 valence electrons. The summed E-state index contributed by atoms with van der Waals surface area (Å²) < 4.78 is 10.6. The highest BCUT2D eigenvalue weighted by molar-refractivity contribution is 5.85. The highest BCUT2D eigenvalue weighted by atomic mass is 35.5. The number of hydrogen-bond acceptors (Lipinski definition) is 4. The molecular formula is C18H31ClN2O3. The third-order valence-electron chi connectivity index (χ3n) is 3.65. The monoisotopic (exact) mass is 358 g/mol. The van der Waals surface area contributed by atoms with Crippen molar-refractivity contribution in [3.63, 3.8) is 0 Å². The van der Waals surface area contributed by atoms with Crippen LogP contribution in [-0.2, 0) is 11.2 Å². The lowest BCUT2D eigenvalue weighted by Crippen LogP contribution is -2.36. The van der Waals surface area contributed by atoms with Crippen LogP contribution in [0.1, 0.15) is 32.3 Å². The number of carbonyl (C=O) groups excluding carboxylic acids is 1. The second kappa shape index (κ2) is 12.0. The van der Waals surface area contributed by atoms with Crippen molar-refractivity contribution in [1.82, 2.24) is 4.90 Å². The van der Waals surface area contributed by atoms with Gasteiger partial charge in [-0.05, 0) is 43.0 Å². The number of nitrogens with two attached hydrogens (primary N) is 1. The predicted molar refractivity (Wildman–Crippen MR) is 100 cm³/mol. The van der Waals surface area contributed by atoms with E-state index in [0.29, 0.717) is 31.2 Å². The van der Waals surface area contributed by atoms with Crippen molar-refractivity contribution in [2.75, 3.05) is 33.9 Å². The molecule has 0 atom stereocenters. The molecular weight excluding hydrogens is 328 g/mol. The minimum absolute atomic E-state index is 0. The van der Waals surface area contributed by atoms with Crippen molar-refractivity contribution in [2.24, 2.45) is 11.7 Å². The largest absolute Gasteiger partial charge is 0.493 e. The summed E-state index contributed by atoms with van der Waals surface area (Å²) in [5.74, 6) is 2.07. The summed E-state index contributed by atoms with van der Waals surface area (Å²) in [6, 6.07) is 5.88. The first-order valence-electron chi connectivity index (χ1n) is 8.20. The van der Waals surface area contributed by atoms with Gasteiger partial charge >= 0.3 is 0 Å². The Hall–Kier alpha value is -1.46. The first-order valence-corrected chi connectivity index (χ1v) is 8.20. The van der Waals surface area contributed by atoms with Crippen LogP contribution in [0.5, 0.6) is 11.5 Å². The van der Waals surface area contributed by atoms with Gasteiger partial charge in [0.15, 0.2) is 11.5 Å². The molecule has 2 N–H and O–H groups in total. The van der Waals surface area contributed by atoms with Crippen LogP contribution in [0.15, 0.2) is 18.2 Å². The van der Waals surface area contributed by atoms with Gasteiger partial charge in [-0.2, -0.15) is 0 Å². The first-order chi connectivity index (χ1) is 11.0. The summed E-state index contributed by atoms with van der Waals surface area (Å²) in [6.07, 6.45) is 2.06. The highest BCUT2D eigenvalue weighted by Gasteiger charge is 2.15. The summed E-state index contributed by atoms with van der Waals surface area (Å²) in [6.45, 7) is 6.28. The molecule has 0 aliphatic carbocycles. The molecule has 5 nitrogen and oxygen atoms in total. The van der Waals surface area contributed by atoms with Gasteiger partial charge in [0.2, 0.25) is 5.91 Å². The standard InChI is InChI=1S/C18H30N2O3.ClH/c1-14(2)13-20(18(21)6-5-10-19)11-9-15-7-8-16(22-3)17(12-15)23-4;/h7-8,12,14H,5-6,9-11,13,19H2,1-4H3;1H. The molecule has 0 aromatic heterocycles. The minimum atomic E-state index is 0. The number of rotatable bonds is 10. The van der Waals surface area contributed by atoms with Crippen LogP contribution in [-0.4, -0.2) is 44.7 Å². The fourth-order valence-corrected chi connectivity index (χ4v) is 2.47. The fourth-order valence-electron chi connectivity index (χ4n) is 2.47. The minimum Gasteiger partial charge on any atom is -0.493 e. The van der Waals surface area contributed by atoms with Crippen LogP contribution in [0.25, 0.3) is 0 Å². The number of nitrogens with zero attached hydrogens (tertiary/aromatic N) is 1. The Bertz CT molecular complexity index is 495. The molecule has 24 heavy (non-hydrogen) atoms. The second-order valence-electron chi connectivity index (χ2n) is 6.07. The van der Waals surface area contributed by atoms with E-state index in [2.05, 4.69) is 13.8 Å². The lowest BCUT2D eigenvalue weighted by atomic mass is 10.1. The molecule has 0 fully saturated rings. The lowest BCUT2D eigenvalue weighted by Gasteiger charge is -2.25. The number of halogens is 1. The normalized spacial score (nSPS) is 10.2. The average Bonchev–Trinajstić information content (AvgIpc) is 2.55. The molecule has 0 aliphatic heterocycles. The molecule has 0 saturated heterocycles. The first kappa shape index (κ1) is 22.5. The molecule has 6 heteroatoms. The van der Waals surface area contributed by atoms with Crippen LogP contribution in [0.3, 0.4) is 0 Å². The van der Waals surface area contributed by atoms with Crippen LogP contribution >= 0.6 is 12.4 Å². The van der Waals surface area contributed by atoms with Crippen molar-refractivity contribution in [1.29, 1.82) is 0 Å². The van der Waals surface area contributed by atoms with E-state index in [1.165, 1.54) is 0 Å². The molecule has 0 unspecified atom stereocenters. The summed E-state index contributed by atoms with van der Waals surface area (Å²) in [5.41, 5.74) is 6.63. The van der Waals surface area contributed by atoms with E-state index in [4.69, 9.17) is 15.2 Å².